The molecule has 1 N–H and O–H groups in total. The Balaban J connectivity index is 1.50. The van der Waals surface area contributed by atoms with E-state index in [1.54, 1.807) is 7.11 Å². The summed E-state index contributed by atoms with van der Waals surface area (Å²) in [7, 11) is 1.62. The number of para-hydroxylation sites is 1. The first-order chi connectivity index (χ1) is 11.8. The van der Waals surface area contributed by atoms with Crippen molar-refractivity contribution in [3.63, 3.8) is 0 Å². The average molecular weight is 347 g/mol. The van der Waals surface area contributed by atoms with Gasteiger partial charge >= 0.3 is 0 Å². The van der Waals surface area contributed by atoms with Crippen molar-refractivity contribution < 1.29 is 9.53 Å². The van der Waals surface area contributed by atoms with Gasteiger partial charge in [0.15, 0.2) is 0 Å². The molecular formula is C16H21N5O2S. The summed E-state index contributed by atoms with van der Waals surface area (Å²) in [5, 5.41) is 15.5. The minimum atomic E-state index is -0.0492. The van der Waals surface area contributed by atoms with E-state index in [1.165, 1.54) is 24.6 Å². The van der Waals surface area contributed by atoms with Gasteiger partial charge in [0.25, 0.3) is 0 Å². The lowest BCUT2D eigenvalue weighted by atomic mass is 10.2. The maximum absolute atomic E-state index is 12.1. The van der Waals surface area contributed by atoms with Gasteiger partial charge in [0.2, 0.25) is 11.1 Å². The van der Waals surface area contributed by atoms with Gasteiger partial charge in [0.1, 0.15) is 5.75 Å². The van der Waals surface area contributed by atoms with Gasteiger partial charge in [-0.15, -0.1) is 5.10 Å². The number of nitrogens with one attached hydrogen (secondary N) is 1. The van der Waals surface area contributed by atoms with Gasteiger partial charge < -0.3 is 10.1 Å². The number of hydrogen-bond acceptors (Lipinski definition) is 6. The van der Waals surface area contributed by atoms with E-state index in [0.29, 0.717) is 23.5 Å². The Hall–Kier alpha value is -2.09. The van der Waals surface area contributed by atoms with E-state index in [9.17, 15) is 4.79 Å². The number of ether oxygens (including phenoxy) is 1. The van der Waals surface area contributed by atoms with Crippen molar-refractivity contribution in [3.8, 4) is 5.75 Å². The van der Waals surface area contributed by atoms with Crippen LogP contribution in [0.15, 0.2) is 29.4 Å². The Morgan fingerprint density at radius 1 is 1.38 bits per heavy atom. The summed E-state index contributed by atoms with van der Waals surface area (Å²) in [4.78, 5) is 12.1. The van der Waals surface area contributed by atoms with Crippen molar-refractivity contribution in [1.29, 1.82) is 0 Å². The van der Waals surface area contributed by atoms with Crippen LogP contribution in [-0.2, 0) is 11.3 Å². The minimum Gasteiger partial charge on any atom is -0.496 e. The fraction of sp³-hybridized carbons (Fsp3) is 0.500. The lowest BCUT2D eigenvalue weighted by Gasteiger charge is -2.11. The van der Waals surface area contributed by atoms with E-state index >= 15 is 0 Å². The standard InChI is InChI=1S/C16H21N5O2S/c1-23-14-9-5-2-6-12(14)10-17-15(22)11-24-16-18-19-20-21(16)13-7-3-4-8-13/h2,5-6,9,13H,3-4,7-8,10-11H2,1H3,(H,17,22). The highest BCUT2D eigenvalue weighted by molar-refractivity contribution is 7.99. The molecule has 1 aliphatic carbocycles. The second kappa shape index (κ2) is 8.14. The smallest absolute Gasteiger partial charge is 0.230 e. The molecule has 1 heterocycles. The third kappa shape index (κ3) is 4.05. The van der Waals surface area contributed by atoms with Crippen molar-refractivity contribution >= 4 is 17.7 Å². The fourth-order valence-electron chi connectivity index (χ4n) is 2.88. The number of hydrogen-bond donors (Lipinski definition) is 1. The second-order valence-electron chi connectivity index (χ2n) is 5.72. The first kappa shape index (κ1) is 16.8. The minimum absolute atomic E-state index is 0.0492. The molecule has 1 amide bonds. The predicted octanol–water partition coefficient (Wildman–Crippen LogP) is 2.21. The third-order valence-corrected chi connectivity index (χ3v) is 5.07. The SMILES string of the molecule is COc1ccccc1CNC(=O)CSc1nnnn1C1CCCC1. The Labute approximate surface area is 145 Å². The van der Waals surface area contributed by atoms with E-state index < -0.39 is 0 Å². The lowest BCUT2D eigenvalue weighted by molar-refractivity contribution is -0.118. The van der Waals surface area contributed by atoms with Crippen molar-refractivity contribution in [3.05, 3.63) is 29.8 Å². The predicted molar refractivity (Wildman–Crippen MR) is 90.9 cm³/mol. The van der Waals surface area contributed by atoms with Crippen LogP contribution in [0.2, 0.25) is 0 Å². The zero-order valence-corrected chi connectivity index (χ0v) is 14.5. The van der Waals surface area contributed by atoms with Crippen LogP contribution in [0, 0.1) is 0 Å². The van der Waals surface area contributed by atoms with Gasteiger partial charge in [-0.05, 0) is 29.3 Å². The van der Waals surface area contributed by atoms with Crippen LogP contribution < -0.4 is 10.1 Å². The van der Waals surface area contributed by atoms with E-state index in [4.69, 9.17) is 4.74 Å². The molecule has 1 saturated carbocycles. The van der Waals surface area contributed by atoms with Gasteiger partial charge in [-0.25, -0.2) is 4.68 Å². The summed E-state index contributed by atoms with van der Waals surface area (Å²) in [6.45, 7) is 0.441. The van der Waals surface area contributed by atoms with Crippen molar-refractivity contribution in [1.82, 2.24) is 25.5 Å². The summed E-state index contributed by atoms with van der Waals surface area (Å²) < 4.78 is 7.15. The normalized spacial score (nSPS) is 14.7. The molecule has 0 bridgehead atoms. The molecule has 1 aliphatic rings. The van der Waals surface area contributed by atoms with Crippen LogP contribution in [0.5, 0.6) is 5.75 Å². The molecule has 0 unspecified atom stereocenters. The molecule has 0 atom stereocenters. The Kier molecular flexibility index (Phi) is 5.68. The average Bonchev–Trinajstić information content (AvgIpc) is 3.29. The molecule has 1 aromatic heterocycles. The van der Waals surface area contributed by atoms with Gasteiger partial charge in [0.05, 0.1) is 18.9 Å². The highest BCUT2D eigenvalue weighted by Crippen LogP contribution is 2.31. The first-order valence-corrected chi connectivity index (χ1v) is 9.05. The molecule has 0 spiro atoms. The molecule has 7 nitrogen and oxygen atoms in total. The zero-order chi connectivity index (χ0) is 16.8. The Morgan fingerprint density at radius 3 is 2.96 bits per heavy atom. The maximum atomic E-state index is 12.1. The van der Waals surface area contributed by atoms with E-state index in [0.717, 1.165) is 24.2 Å². The van der Waals surface area contributed by atoms with Gasteiger partial charge in [0, 0.05) is 12.1 Å². The van der Waals surface area contributed by atoms with E-state index in [1.807, 2.05) is 28.9 Å². The summed E-state index contributed by atoms with van der Waals surface area (Å²) in [6, 6.07) is 8.02. The molecule has 0 saturated heterocycles. The molecule has 3 rings (SSSR count). The summed E-state index contributed by atoms with van der Waals surface area (Å²) >= 11 is 1.38. The monoisotopic (exact) mass is 347 g/mol. The van der Waals surface area contributed by atoms with Crippen LogP contribution in [0.3, 0.4) is 0 Å². The number of aromatic nitrogens is 4. The molecule has 24 heavy (non-hydrogen) atoms. The van der Waals surface area contributed by atoms with Gasteiger partial charge in [-0.2, -0.15) is 0 Å². The number of nitrogens with zero attached hydrogens (tertiary/aromatic N) is 4. The zero-order valence-electron chi connectivity index (χ0n) is 13.6. The van der Waals surface area contributed by atoms with Crippen LogP contribution in [0.4, 0.5) is 0 Å². The quantitative estimate of drug-likeness (QED) is 0.773. The number of carbonyl (C=O) groups is 1. The molecular weight excluding hydrogens is 326 g/mol. The van der Waals surface area contributed by atoms with Gasteiger partial charge in [-0.1, -0.05) is 42.8 Å². The molecule has 2 aromatic rings. The van der Waals surface area contributed by atoms with Crippen molar-refractivity contribution in [2.24, 2.45) is 0 Å². The third-order valence-electron chi connectivity index (χ3n) is 4.13. The number of carbonyl (C=O) groups excluding carboxylic acids is 1. The number of methoxy groups -OCH3 is 1. The number of rotatable bonds is 7. The fourth-order valence-corrected chi connectivity index (χ4v) is 3.66. The molecule has 0 radical (unpaired) electrons. The molecule has 0 aliphatic heterocycles. The Bertz CT molecular complexity index is 685. The van der Waals surface area contributed by atoms with Crippen LogP contribution in [-0.4, -0.2) is 39.0 Å². The topological polar surface area (TPSA) is 81.9 Å². The number of thioether (sulfide) groups is 1. The number of tetrazole rings is 1. The van der Waals surface area contributed by atoms with Crippen molar-refractivity contribution in [2.45, 2.75) is 43.4 Å². The first-order valence-electron chi connectivity index (χ1n) is 8.07. The lowest BCUT2D eigenvalue weighted by Crippen LogP contribution is -2.25. The number of benzene rings is 1. The van der Waals surface area contributed by atoms with Crippen LogP contribution >= 0.6 is 11.8 Å². The highest BCUT2D eigenvalue weighted by atomic mass is 32.2. The highest BCUT2D eigenvalue weighted by Gasteiger charge is 2.22. The summed E-state index contributed by atoms with van der Waals surface area (Å²) in [5.74, 6) is 1.02. The summed E-state index contributed by atoms with van der Waals surface area (Å²) in [5.41, 5.74) is 0.953. The largest absolute Gasteiger partial charge is 0.496 e. The van der Waals surface area contributed by atoms with Gasteiger partial charge in [-0.3, -0.25) is 4.79 Å². The summed E-state index contributed by atoms with van der Waals surface area (Å²) in [6.07, 6.45) is 4.65. The number of amides is 1. The molecule has 128 valence electrons. The second-order valence-corrected chi connectivity index (χ2v) is 6.66. The van der Waals surface area contributed by atoms with Crippen LogP contribution in [0.1, 0.15) is 37.3 Å². The molecule has 8 heteroatoms. The van der Waals surface area contributed by atoms with Crippen molar-refractivity contribution in [2.75, 3.05) is 12.9 Å². The maximum Gasteiger partial charge on any atom is 0.230 e. The van der Waals surface area contributed by atoms with E-state index in [2.05, 4.69) is 20.8 Å². The molecule has 1 aromatic carbocycles. The van der Waals surface area contributed by atoms with Crippen LogP contribution in [0.25, 0.3) is 0 Å². The molecule has 1 fully saturated rings. The van der Waals surface area contributed by atoms with E-state index in [-0.39, 0.29) is 5.91 Å². The Morgan fingerprint density at radius 2 is 2.17 bits per heavy atom.